The van der Waals surface area contributed by atoms with E-state index in [0.29, 0.717) is 6.54 Å². The van der Waals surface area contributed by atoms with Crippen molar-refractivity contribution < 1.29 is 13.2 Å². The molecule has 2 aromatic rings. The minimum atomic E-state index is -1.47. The maximum atomic E-state index is 12.9. The van der Waals surface area contributed by atoms with Gasteiger partial charge in [0.1, 0.15) is 0 Å². The molecular formula is C12H10F3N3. The highest BCUT2D eigenvalue weighted by molar-refractivity contribution is 5.44. The van der Waals surface area contributed by atoms with E-state index in [9.17, 15) is 13.2 Å². The Labute approximate surface area is 102 Å². The van der Waals surface area contributed by atoms with Crippen molar-refractivity contribution in [3.05, 3.63) is 54.1 Å². The predicted octanol–water partition coefficient (Wildman–Crippen LogP) is 3.01. The summed E-state index contributed by atoms with van der Waals surface area (Å²) in [6, 6.07) is 1.80. The van der Waals surface area contributed by atoms with Crippen LogP contribution < -0.4 is 5.32 Å². The quantitative estimate of drug-likeness (QED) is 0.849. The number of halogens is 3. The Kier molecular flexibility index (Phi) is 3.36. The molecule has 0 aliphatic heterocycles. The van der Waals surface area contributed by atoms with Crippen LogP contribution in [-0.4, -0.2) is 9.78 Å². The minimum absolute atomic E-state index is 0.165. The van der Waals surface area contributed by atoms with Gasteiger partial charge in [0.15, 0.2) is 17.5 Å². The highest BCUT2D eigenvalue weighted by Crippen LogP contribution is 2.17. The maximum absolute atomic E-state index is 12.9. The molecule has 0 saturated carbocycles. The van der Waals surface area contributed by atoms with E-state index in [1.807, 2.05) is 0 Å². The number of benzene rings is 1. The minimum Gasteiger partial charge on any atom is -0.381 e. The molecule has 0 amide bonds. The topological polar surface area (TPSA) is 29.9 Å². The van der Waals surface area contributed by atoms with Crippen LogP contribution in [0.4, 0.5) is 18.9 Å². The Balaban J connectivity index is 2.08. The lowest BCUT2D eigenvalue weighted by Gasteiger charge is -2.05. The molecule has 0 atom stereocenters. The van der Waals surface area contributed by atoms with Crippen molar-refractivity contribution in [2.24, 2.45) is 0 Å². The van der Waals surface area contributed by atoms with Gasteiger partial charge < -0.3 is 5.32 Å². The van der Waals surface area contributed by atoms with Crippen LogP contribution in [0.1, 0.15) is 5.56 Å². The summed E-state index contributed by atoms with van der Waals surface area (Å²) in [5.74, 6) is -3.92. The van der Waals surface area contributed by atoms with Gasteiger partial charge in [-0.3, -0.25) is 0 Å². The summed E-state index contributed by atoms with van der Waals surface area (Å²) in [6.07, 6.45) is 4.81. The highest BCUT2D eigenvalue weighted by Gasteiger charge is 2.10. The van der Waals surface area contributed by atoms with Gasteiger partial charge in [-0.05, 0) is 0 Å². The molecule has 0 unspecified atom stereocenters. The molecule has 0 aliphatic carbocycles. The summed E-state index contributed by atoms with van der Waals surface area (Å²) in [5, 5.41) is 6.72. The van der Waals surface area contributed by atoms with Gasteiger partial charge in [0.05, 0.1) is 6.20 Å². The summed E-state index contributed by atoms with van der Waals surface area (Å²) in [6.45, 7) is 3.85. The van der Waals surface area contributed by atoms with E-state index < -0.39 is 17.5 Å². The van der Waals surface area contributed by atoms with Gasteiger partial charge in [-0.2, -0.15) is 5.10 Å². The van der Waals surface area contributed by atoms with Gasteiger partial charge in [0.25, 0.3) is 0 Å². The van der Waals surface area contributed by atoms with E-state index in [1.54, 1.807) is 12.4 Å². The number of hydrogen-bond donors (Lipinski definition) is 1. The predicted molar refractivity (Wildman–Crippen MR) is 62.3 cm³/mol. The van der Waals surface area contributed by atoms with E-state index in [4.69, 9.17) is 0 Å². The third-order valence-corrected chi connectivity index (χ3v) is 2.32. The molecule has 1 aromatic carbocycles. The van der Waals surface area contributed by atoms with Crippen LogP contribution in [0, 0.1) is 17.5 Å². The van der Waals surface area contributed by atoms with Gasteiger partial charge in [-0.1, -0.05) is 6.58 Å². The number of aromatic nitrogens is 2. The van der Waals surface area contributed by atoms with Crippen LogP contribution in [0.5, 0.6) is 0 Å². The van der Waals surface area contributed by atoms with Crippen LogP contribution in [0.15, 0.2) is 31.1 Å². The maximum Gasteiger partial charge on any atom is 0.194 e. The first kappa shape index (κ1) is 12.2. The molecule has 1 heterocycles. The molecule has 18 heavy (non-hydrogen) atoms. The molecule has 0 aliphatic rings. The number of nitrogens with zero attached hydrogens (tertiary/aromatic N) is 2. The van der Waals surface area contributed by atoms with Gasteiger partial charge in [0, 0.05) is 42.3 Å². The number of rotatable bonds is 4. The molecule has 0 saturated heterocycles. The van der Waals surface area contributed by atoms with Gasteiger partial charge in [-0.15, -0.1) is 0 Å². The van der Waals surface area contributed by atoms with E-state index in [-0.39, 0.29) is 5.69 Å². The monoisotopic (exact) mass is 253 g/mol. The summed E-state index contributed by atoms with van der Waals surface area (Å²) >= 11 is 0. The Morgan fingerprint density at radius 2 is 1.94 bits per heavy atom. The molecule has 2 rings (SSSR count). The van der Waals surface area contributed by atoms with Gasteiger partial charge in [-0.25, -0.2) is 17.9 Å². The lowest BCUT2D eigenvalue weighted by atomic mass is 10.2. The molecule has 0 fully saturated rings. The van der Waals surface area contributed by atoms with Crippen LogP contribution in [0.25, 0.3) is 6.20 Å². The first-order valence-electron chi connectivity index (χ1n) is 5.14. The molecule has 0 radical (unpaired) electrons. The molecule has 94 valence electrons. The average molecular weight is 253 g/mol. The van der Waals surface area contributed by atoms with Crippen molar-refractivity contribution in [3.63, 3.8) is 0 Å². The first-order chi connectivity index (χ1) is 8.60. The third kappa shape index (κ3) is 2.53. The fourth-order valence-electron chi connectivity index (χ4n) is 1.43. The molecule has 0 spiro atoms. The van der Waals surface area contributed by atoms with Crippen LogP contribution in [0.3, 0.4) is 0 Å². The molecule has 1 N–H and O–H groups in total. The Bertz CT molecular complexity index is 555. The van der Waals surface area contributed by atoms with E-state index >= 15 is 0 Å². The van der Waals surface area contributed by atoms with Gasteiger partial charge >= 0.3 is 0 Å². The molecule has 3 nitrogen and oxygen atoms in total. The van der Waals surface area contributed by atoms with Crippen LogP contribution in [0.2, 0.25) is 0 Å². The largest absolute Gasteiger partial charge is 0.381 e. The average Bonchev–Trinajstić information content (AvgIpc) is 2.81. The molecule has 6 heteroatoms. The first-order valence-corrected chi connectivity index (χ1v) is 5.14. The van der Waals surface area contributed by atoms with E-state index in [0.717, 1.165) is 17.7 Å². The van der Waals surface area contributed by atoms with Gasteiger partial charge in [0.2, 0.25) is 0 Å². The van der Waals surface area contributed by atoms with E-state index in [2.05, 4.69) is 17.0 Å². The van der Waals surface area contributed by atoms with Crippen molar-refractivity contribution in [3.8, 4) is 0 Å². The third-order valence-electron chi connectivity index (χ3n) is 2.32. The molecule has 1 aromatic heterocycles. The second kappa shape index (κ2) is 4.95. The summed E-state index contributed by atoms with van der Waals surface area (Å²) in [4.78, 5) is 0. The number of hydrogen-bond acceptors (Lipinski definition) is 2. The zero-order chi connectivity index (χ0) is 13.1. The van der Waals surface area contributed by atoms with Crippen molar-refractivity contribution >= 4 is 11.9 Å². The van der Waals surface area contributed by atoms with Crippen molar-refractivity contribution in [1.82, 2.24) is 9.78 Å². The normalized spacial score (nSPS) is 10.4. The lowest BCUT2D eigenvalue weighted by molar-refractivity contribution is 0.447. The fraction of sp³-hybridized carbons (Fsp3) is 0.0833. The summed E-state index contributed by atoms with van der Waals surface area (Å²) in [5.41, 5.74) is 0.970. The fourth-order valence-corrected chi connectivity index (χ4v) is 1.43. The van der Waals surface area contributed by atoms with Crippen molar-refractivity contribution in [2.45, 2.75) is 6.54 Å². The second-order valence-corrected chi connectivity index (χ2v) is 3.62. The van der Waals surface area contributed by atoms with Crippen molar-refractivity contribution in [2.75, 3.05) is 5.32 Å². The molecular weight excluding hydrogens is 243 g/mol. The number of anilines is 1. The highest BCUT2D eigenvalue weighted by atomic mass is 19.2. The van der Waals surface area contributed by atoms with E-state index in [1.165, 1.54) is 10.9 Å². The molecule has 0 bridgehead atoms. The smallest absolute Gasteiger partial charge is 0.194 e. The zero-order valence-electron chi connectivity index (χ0n) is 9.33. The Morgan fingerprint density at radius 1 is 1.28 bits per heavy atom. The number of nitrogens with one attached hydrogen (secondary N) is 1. The second-order valence-electron chi connectivity index (χ2n) is 3.62. The standard InChI is InChI=1S/C12H10F3N3/c1-2-18-7-8(6-17-18)5-16-9-3-10(13)12(15)11(14)4-9/h2-4,6-7,16H,1,5H2. The zero-order valence-corrected chi connectivity index (χ0v) is 9.33. The summed E-state index contributed by atoms with van der Waals surface area (Å²) < 4.78 is 40.1. The summed E-state index contributed by atoms with van der Waals surface area (Å²) in [7, 11) is 0. The Morgan fingerprint density at radius 3 is 2.50 bits per heavy atom. The lowest BCUT2D eigenvalue weighted by Crippen LogP contribution is -2.01. The SMILES string of the molecule is C=Cn1cc(CNc2cc(F)c(F)c(F)c2)cn1. The Hall–Kier alpha value is -2.24. The van der Waals surface area contributed by atoms with Crippen molar-refractivity contribution in [1.29, 1.82) is 0 Å². The van der Waals surface area contributed by atoms with Crippen LogP contribution in [-0.2, 0) is 6.54 Å². The van der Waals surface area contributed by atoms with Crippen LogP contribution >= 0.6 is 0 Å².